The molecule has 0 amide bonds. The van der Waals surface area contributed by atoms with Crippen LogP contribution in [-0.4, -0.2) is 12.4 Å². The molecule has 19 heavy (non-hydrogen) atoms. The van der Waals surface area contributed by atoms with Crippen LogP contribution in [0.2, 0.25) is 0 Å². The summed E-state index contributed by atoms with van der Waals surface area (Å²) in [6.07, 6.45) is 0. The van der Waals surface area contributed by atoms with Crippen molar-refractivity contribution in [3.05, 3.63) is 64.7 Å². The fraction of sp³-hybridized carbons (Fsp3) is 0.235. The van der Waals surface area contributed by atoms with Crippen molar-refractivity contribution in [1.29, 1.82) is 0 Å². The SMILES string of the molecule is Cc1cccc(OCC(=O)c2ccc(C)c(C)c2)c1. The van der Waals surface area contributed by atoms with Crippen molar-refractivity contribution in [2.24, 2.45) is 0 Å². The molecule has 0 saturated heterocycles. The van der Waals surface area contributed by atoms with E-state index in [2.05, 4.69) is 0 Å². The van der Waals surface area contributed by atoms with Gasteiger partial charge in [0.1, 0.15) is 5.75 Å². The Labute approximate surface area is 114 Å². The van der Waals surface area contributed by atoms with Crippen molar-refractivity contribution in [3.8, 4) is 5.75 Å². The first-order chi connectivity index (χ1) is 9.06. The molecule has 0 aromatic heterocycles. The van der Waals surface area contributed by atoms with Gasteiger partial charge in [0.05, 0.1) is 0 Å². The Morgan fingerprint density at radius 1 is 1.00 bits per heavy atom. The molecule has 0 N–H and O–H groups in total. The summed E-state index contributed by atoms with van der Waals surface area (Å²) in [5, 5.41) is 0. The molecule has 0 saturated carbocycles. The Morgan fingerprint density at radius 2 is 1.79 bits per heavy atom. The molecule has 0 radical (unpaired) electrons. The Kier molecular flexibility index (Phi) is 4.00. The minimum Gasteiger partial charge on any atom is -0.485 e. The van der Waals surface area contributed by atoms with Crippen LogP contribution in [0.15, 0.2) is 42.5 Å². The summed E-state index contributed by atoms with van der Waals surface area (Å²) in [7, 11) is 0. The van der Waals surface area contributed by atoms with Crippen LogP contribution in [0, 0.1) is 20.8 Å². The molecule has 0 spiro atoms. The topological polar surface area (TPSA) is 26.3 Å². The molecule has 2 heteroatoms. The van der Waals surface area contributed by atoms with Gasteiger partial charge in [-0.1, -0.05) is 24.3 Å². The van der Waals surface area contributed by atoms with Gasteiger partial charge in [0.2, 0.25) is 0 Å². The van der Waals surface area contributed by atoms with Gasteiger partial charge in [-0.15, -0.1) is 0 Å². The largest absolute Gasteiger partial charge is 0.485 e. The number of ether oxygens (including phenoxy) is 1. The lowest BCUT2D eigenvalue weighted by Gasteiger charge is -2.07. The van der Waals surface area contributed by atoms with Gasteiger partial charge in [-0.05, 0) is 55.7 Å². The number of carbonyl (C=O) groups is 1. The Hall–Kier alpha value is -2.09. The van der Waals surface area contributed by atoms with Gasteiger partial charge in [0.25, 0.3) is 0 Å². The molecule has 2 aromatic carbocycles. The minimum atomic E-state index is 0.00426. The standard InChI is InChI=1S/C17H18O2/c1-12-5-4-6-16(9-12)19-11-17(18)15-8-7-13(2)14(3)10-15/h4-10H,11H2,1-3H3. The molecule has 2 nitrogen and oxygen atoms in total. The highest BCUT2D eigenvalue weighted by Crippen LogP contribution is 2.14. The number of hydrogen-bond acceptors (Lipinski definition) is 2. The second kappa shape index (κ2) is 5.70. The maximum Gasteiger partial charge on any atom is 0.200 e. The van der Waals surface area contributed by atoms with E-state index >= 15 is 0 Å². The summed E-state index contributed by atoms with van der Waals surface area (Å²) in [6, 6.07) is 13.4. The summed E-state index contributed by atoms with van der Waals surface area (Å²) in [4.78, 5) is 12.0. The van der Waals surface area contributed by atoms with Gasteiger partial charge in [0.15, 0.2) is 12.4 Å². The Morgan fingerprint density at radius 3 is 2.47 bits per heavy atom. The van der Waals surface area contributed by atoms with Gasteiger partial charge in [-0.2, -0.15) is 0 Å². The minimum absolute atomic E-state index is 0.00426. The molecular weight excluding hydrogens is 236 g/mol. The van der Waals surface area contributed by atoms with Crippen LogP contribution < -0.4 is 4.74 Å². The summed E-state index contributed by atoms with van der Waals surface area (Å²) >= 11 is 0. The highest BCUT2D eigenvalue weighted by molar-refractivity contribution is 5.97. The van der Waals surface area contributed by atoms with E-state index in [4.69, 9.17) is 4.74 Å². The molecule has 0 aliphatic rings. The van der Waals surface area contributed by atoms with E-state index in [0.717, 1.165) is 16.9 Å². The van der Waals surface area contributed by atoms with E-state index in [9.17, 15) is 4.79 Å². The number of benzene rings is 2. The lowest BCUT2D eigenvalue weighted by Crippen LogP contribution is -2.11. The molecule has 0 heterocycles. The van der Waals surface area contributed by atoms with Gasteiger partial charge in [-0.3, -0.25) is 4.79 Å². The zero-order valence-corrected chi connectivity index (χ0v) is 11.6. The van der Waals surface area contributed by atoms with Crippen LogP contribution in [0.1, 0.15) is 27.0 Å². The van der Waals surface area contributed by atoms with E-state index in [1.54, 1.807) is 0 Å². The molecule has 0 aliphatic heterocycles. The van der Waals surface area contributed by atoms with Crippen LogP contribution in [0.4, 0.5) is 0 Å². The number of ketones is 1. The highest BCUT2D eigenvalue weighted by Gasteiger charge is 2.08. The Bertz CT molecular complexity index is 600. The first-order valence-electron chi connectivity index (χ1n) is 6.36. The van der Waals surface area contributed by atoms with E-state index in [-0.39, 0.29) is 12.4 Å². The zero-order valence-electron chi connectivity index (χ0n) is 11.6. The fourth-order valence-electron chi connectivity index (χ4n) is 1.85. The maximum absolute atomic E-state index is 12.0. The van der Waals surface area contributed by atoms with Gasteiger partial charge in [-0.25, -0.2) is 0 Å². The highest BCUT2D eigenvalue weighted by atomic mass is 16.5. The van der Waals surface area contributed by atoms with Crippen LogP contribution >= 0.6 is 0 Å². The second-order valence-corrected chi connectivity index (χ2v) is 4.83. The smallest absolute Gasteiger partial charge is 0.200 e. The third-order valence-corrected chi connectivity index (χ3v) is 3.19. The number of aryl methyl sites for hydroxylation is 3. The van der Waals surface area contributed by atoms with Crippen LogP contribution in [0.3, 0.4) is 0 Å². The maximum atomic E-state index is 12.0. The van der Waals surface area contributed by atoms with Crippen molar-refractivity contribution in [1.82, 2.24) is 0 Å². The van der Waals surface area contributed by atoms with Crippen molar-refractivity contribution >= 4 is 5.78 Å². The van der Waals surface area contributed by atoms with Gasteiger partial charge < -0.3 is 4.74 Å². The number of rotatable bonds is 4. The molecule has 0 fully saturated rings. The van der Waals surface area contributed by atoms with Crippen molar-refractivity contribution < 1.29 is 9.53 Å². The average Bonchev–Trinajstić information content (AvgIpc) is 2.39. The molecule has 0 aliphatic carbocycles. The number of hydrogen-bond donors (Lipinski definition) is 0. The van der Waals surface area contributed by atoms with Crippen LogP contribution in [0.5, 0.6) is 5.75 Å². The molecule has 98 valence electrons. The summed E-state index contributed by atoms with van der Waals surface area (Å²) in [5.41, 5.74) is 4.14. The van der Waals surface area contributed by atoms with Crippen LogP contribution in [0.25, 0.3) is 0 Å². The normalized spacial score (nSPS) is 10.3. The summed E-state index contributed by atoms with van der Waals surface area (Å²) in [5.74, 6) is 0.738. The monoisotopic (exact) mass is 254 g/mol. The van der Waals surface area contributed by atoms with E-state index in [1.165, 1.54) is 5.56 Å². The van der Waals surface area contributed by atoms with Crippen molar-refractivity contribution in [2.45, 2.75) is 20.8 Å². The fourth-order valence-corrected chi connectivity index (χ4v) is 1.85. The molecule has 2 aromatic rings. The number of Topliss-reactive ketones (excluding diaryl/α,β-unsaturated/α-hetero) is 1. The molecular formula is C17H18O2. The average molecular weight is 254 g/mol. The first kappa shape index (κ1) is 13.3. The van der Waals surface area contributed by atoms with E-state index in [0.29, 0.717) is 5.56 Å². The quantitative estimate of drug-likeness (QED) is 0.774. The Balaban J connectivity index is 2.03. The van der Waals surface area contributed by atoms with E-state index in [1.807, 2.05) is 63.2 Å². The third-order valence-electron chi connectivity index (χ3n) is 3.19. The lowest BCUT2D eigenvalue weighted by molar-refractivity contribution is 0.0921. The zero-order chi connectivity index (χ0) is 13.8. The first-order valence-corrected chi connectivity index (χ1v) is 6.36. The predicted octanol–water partition coefficient (Wildman–Crippen LogP) is 3.87. The van der Waals surface area contributed by atoms with E-state index < -0.39 is 0 Å². The second-order valence-electron chi connectivity index (χ2n) is 4.83. The molecule has 0 unspecified atom stereocenters. The van der Waals surface area contributed by atoms with Gasteiger partial charge in [0, 0.05) is 5.56 Å². The molecule has 2 rings (SSSR count). The molecule has 0 bridgehead atoms. The molecule has 0 atom stereocenters. The number of carbonyl (C=O) groups excluding carboxylic acids is 1. The van der Waals surface area contributed by atoms with Gasteiger partial charge >= 0.3 is 0 Å². The predicted molar refractivity (Wildman–Crippen MR) is 76.9 cm³/mol. The lowest BCUT2D eigenvalue weighted by atomic mass is 10.0. The third kappa shape index (κ3) is 3.44. The van der Waals surface area contributed by atoms with Crippen molar-refractivity contribution in [2.75, 3.05) is 6.61 Å². The van der Waals surface area contributed by atoms with Crippen LogP contribution in [-0.2, 0) is 0 Å². The summed E-state index contributed by atoms with van der Waals surface area (Å²) < 4.78 is 5.52. The summed E-state index contributed by atoms with van der Waals surface area (Å²) in [6.45, 7) is 6.12. The van der Waals surface area contributed by atoms with Crippen molar-refractivity contribution in [3.63, 3.8) is 0 Å².